The van der Waals surface area contributed by atoms with Crippen molar-refractivity contribution in [3.05, 3.63) is 11.6 Å². The fraction of sp³-hybridized carbons (Fsp3) is 0.800. The number of hydrogen-bond acceptors (Lipinski definition) is 0. The third kappa shape index (κ3) is 2.35. The van der Waals surface area contributed by atoms with Gasteiger partial charge in [-0.15, -0.1) is 46.4 Å². The highest BCUT2D eigenvalue weighted by atomic mass is 35.5. The molecule has 1 saturated carbocycles. The molecule has 0 aromatic heterocycles. The van der Waals surface area contributed by atoms with E-state index in [1.807, 2.05) is 6.08 Å². The Balaban J connectivity index is 2.95. The molecule has 0 saturated heterocycles. The van der Waals surface area contributed by atoms with Crippen molar-refractivity contribution < 1.29 is 0 Å². The summed E-state index contributed by atoms with van der Waals surface area (Å²) in [4.78, 5) is 0. The molecule has 1 aliphatic rings. The van der Waals surface area contributed by atoms with Crippen LogP contribution in [0.2, 0.25) is 0 Å². The SMILES string of the molecule is CC1(C)[C@@H](Cl)C[C@H](Cl)/C(=C\CCl)[C@@H]1Cl. The normalized spacial score (nSPS) is 40.1. The summed E-state index contributed by atoms with van der Waals surface area (Å²) >= 11 is 24.4. The van der Waals surface area contributed by atoms with Crippen LogP contribution in [0.5, 0.6) is 0 Å². The molecule has 0 spiro atoms. The van der Waals surface area contributed by atoms with Crippen LogP contribution in [-0.2, 0) is 0 Å². The number of allylic oxidation sites excluding steroid dienone is 2. The average molecular weight is 276 g/mol. The molecule has 4 heteroatoms. The van der Waals surface area contributed by atoms with Gasteiger partial charge >= 0.3 is 0 Å². The molecule has 14 heavy (non-hydrogen) atoms. The van der Waals surface area contributed by atoms with E-state index in [4.69, 9.17) is 46.4 Å². The van der Waals surface area contributed by atoms with Gasteiger partial charge in [0.15, 0.2) is 0 Å². The summed E-state index contributed by atoms with van der Waals surface area (Å²) in [6.45, 7) is 4.13. The lowest BCUT2D eigenvalue weighted by atomic mass is 9.74. The zero-order valence-corrected chi connectivity index (χ0v) is 11.3. The van der Waals surface area contributed by atoms with Crippen molar-refractivity contribution in [1.29, 1.82) is 0 Å². The highest BCUT2D eigenvalue weighted by Crippen LogP contribution is 2.46. The van der Waals surface area contributed by atoms with Gasteiger partial charge in [-0.25, -0.2) is 0 Å². The lowest BCUT2D eigenvalue weighted by Crippen LogP contribution is -2.44. The molecule has 0 N–H and O–H groups in total. The summed E-state index contributed by atoms with van der Waals surface area (Å²) in [7, 11) is 0. The van der Waals surface area contributed by atoms with Crippen molar-refractivity contribution in [3.63, 3.8) is 0 Å². The smallest absolute Gasteiger partial charge is 0.0625 e. The predicted molar refractivity (Wildman–Crippen MR) is 66.1 cm³/mol. The maximum Gasteiger partial charge on any atom is 0.0625 e. The summed E-state index contributed by atoms with van der Waals surface area (Å²) in [5.74, 6) is 0.449. The van der Waals surface area contributed by atoms with Gasteiger partial charge in [0.2, 0.25) is 0 Å². The van der Waals surface area contributed by atoms with Crippen molar-refractivity contribution in [3.8, 4) is 0 Å². The Kier molecular flexibility index (Phi) is 4.47. The molecule has 0 amide bonds. The number of hydrogen-bond donors (Lipinski definition) is 0. The van der Waals surface area contributed by atoms with E-state index in [2.05, 4.69) is 13.8 Å². The molecule has 1 rings (SSSR count). The van der Waals surface area contributed by atoms with Gasteiger partial charge in [-0.05, 0) is 12.0 Å². The largest absolute Gasteiger partial charge is 0.122 e. The van der Waals surface area contributed by atoms with E-state index >= 15 is 0 Å². The molecule has 82 valence electrons. The van der Waals surface area contributed by atoms with Gasteiger partial charge in [0.05, 0.1) is 10.8 Å². The molecule has 0 nitrogen and oxygen atoms in total. The van der Waals surface area contributed by atoms with E-state index < -0.39 is 0 Å². The van der Waals surface area contributed by atoms with Crippen LogP contribution < -0.4 is 0 Å². The van der Waals surface area contributed by atoms with E-state index in [1.54, 1.807) is 0 Å². The quantitative estimate of drug-likeness (QED) is 0.491. The van der Waals surface area contributed by atoms with Crippen molar-refractivity contribution in [2.75, 3.05) is 5.88 Å². The van der Waals surface area contributed by atoms with E-state index in [9.17, 15) is 0 Å². The van der Waals surface area contributed by atoms with Crippen LogP contribution in [0.25, 0.3) is 0 Å². The summed E-state index contributed by atoms with van der Waals surface area (Å²) in [5.41, 5.74) is 0.886. The summed E-state index contributed by atoms with van der Waals surface area (Å²) < 4.78 is 0. The fourth-order valence-electron chi connectivity index (χ4n) is 1.69. The molecule has 3 atom stereocenters. The first-order valence-electron chi connectivity index (χ1n) is 4.59. The van der Waals surface area contributed by atoms with Gasteiger partial charge in [-0.2, -0.15) is 0 Å². The zero-order chi connectivity index (χ0) is 10.9. The van der Waals surface area contributed by atoms with Gasteiger partial charge in [0, 0.05) is 16.7 Å². The first-order chi connectivity index (χ1) is 6.41. The maximum absolute atomic E-state index is 6.35. The third-order valence-corrected chi connectivity index (χ3v) is 4.98. The minimum atomic E-state index is -0.133. The van der Waals surface area contributed by atoms with Crippen molar-refractivity contribution >= 4 is 46.4 Å². The Bertz CT molecular complexity index is 234. The molecule has 0 aromatic carbocycles. The highest BCUT2D eigenvalue weighted by molar-refractivity contribution is 6.30. The monoisotopic (exact) mass is 274 g/mol. The summed E-state index contributed by atoms with van der Waals surface area (Å²) in [6, 6.07) is 0. The molecular formula is C10H14Cl4. The van der Waals surface area contributed by atoms with Crippen LogP contribution in [0.3, 0.4) is 0 Å². The van der Waals surface area contributed by atoms with Gasteiger partial charge in [-0.1, -0.05) is 19.9 Å². The number of alkyl halides is 4. The minimum Gasteiger partial charge on any atom is -0.122 e. The van der Waals surface area contributed by atoms with Crippen LogP contribution in [-0.4, -0.2) is 22.0 Å². The van der Waals surface area contributed by atoms with Crippen molar-refractivity contribution in [1.82, 2.24) is 0 Å². The second-order valence-electron chi connectivity index (χ2n) is 4.21. The van der Waals surface area contributed by atoms with E-state index in [0.717, 1.165) is 12.0 Å². The lowest BCUT2D eigenvalue weighted by molar-refractivity contribution is 0.305. The Morgan fingerprint density at radius 3 is 2.43 bits per heavy atom. The van der Waals surface area contributed by atoms with Crippen molar-refractivity contribution in [2.45, 2.75) is 36.4 Å². The second kappa shape index (κ2) is 4.82. The van der Waals surface area contributed by atoms with Crippen LogP contribution in [0.15, 0.2) is 11.6 Å². The third-order valence-electron chi connectivity index (χ3n) is 2.84. The van der Waals surface area contributed by atoms with Gasteiger partial charge in [0.1, 0.15) is 0 Å². The Morgan fingerprint density at radius 2 is 1.93 bits per heavy atom. The van der Waals surface area contributed by atoms with Gasteiger partial charge in [-0.3, -0.25) is 0 Å². The van der Waals surface area contributed by atoms with Crippen LogP contribution >= 0.6 is 46.4 Å². The molecule has 0 heterocycles. The molecule has 1 aliphatic carbocycles. The van der Waals surface area contributed by atoms with Crippen LogP contribution in [0, 0.1) is 5.41 Å². The lowest BCUT2D eigenvalue weighted by Gasteiger charge is -2.42. The number of halogens is 4. The van der Waals surface area contributed by atoms with Gasteiger partial charge in [0.25, 0.3) is 0 Å². The van der Waals surface area contributed by atoms with E-state index in [0.29, 0.717) is 5.88 Å². The molecule has 0 aromatic rings. The first-order valence-corrected chi connectivity index (χ1v) is 6.43. The fourth-order valence-corrected chi connectivity index (χ4v) is 3.18. The van der Waals surface area contributed by atoms with Crippen molar-refractivity contribution in [2.24, 2.45) is 5.41 Å². The molecule has 0 radical (unpaired) electrons. The number of rotatable bonds is 1. The maximum atomic E-state index is 6.35. The van der Waals surface area contributed by atoms with E-state index in [1.165, 1.54) is 0 Å². The standard InChI is InChI=1S/C10H14Cl4/c1-10(2)8(13)5-7(12)6(3-4-11)9(10)14/h3,7-9H,4-5H2,1-2H3/b6-3+/t7-,8-,9-/m0/s1. The van der Waals surface area contributed by atoms with Crippen LogP contribution in [0.4, 0.5) is 0 Å². The van der Waals surface area contributed by atoms with Crippen LogP contribution in [0.1, 0.15) is 20.3 Å². The van der Waals surface area contributed by atoms with Gasteiger partial charge < -0.3 is 0 Å². The molecule has 1 fully saturated rings. The summed E-state index contributed by atoms with van der Waals surface area (Å²) in [5, 5.41) is -0.188. The molecule has 0 unspecified atom stereocenters. The molecule has 0 aliphatic heterocycles. The Morgan fingerprint density at radius 1 is 1.36 bits per heavy atom. The molecule has 0 bridgehead atoms. The minimum absolute atomic E-state index is 0.0139. The first kappa shape index (κ1) is 13.0. The second-order valence-corrected chi connectivity index (χ2v) is 6.01. The Hall–Kier alpha value is 0.900. The summed E-state index contributed by atoms with van der Waals surface area (Å²) in [6.07, 6.45) is 2.66. The topological polar surface area (TPSA) is 0 Å². The average Bonchev–Trinajstić information content (AvgIpc) is 2.10. The van der Waals surface area contributed by atoms with E-state index in [-0.39, 0.29) is 21.5 Å². The Labute approximate surface area is 106 Å². The zero-order valence-electron chi connectivity index (χ0n) is 8.24. The highest BCUT2D eigenvalue weighted by Gasteiger charge is 2.44. The predicted octanol–water partition coefficient (Wildman–Crippen LogP) is 4.40. The molecular weight excluding hydrogens is 262 g/mol.